The van der Waals surface area contributed by atoms with E-state index in [0.29, 0.717) is 16.6 Å². The second kappa shape index (κ2) is 7.31. The number of nitrogens with one attached hydrogen (secondary N) is 1. The van der Waals surface area contributed by atoms with Gasteiger partial charge in [-0.2, -0.15) is 0 Å². The van der Waals surface area contributed by atoms with Crippen LogP contribution in [0.1, 0.15) is 5.76 Å². The molecule has 0 amide bonds. The van der Waals surface area contributed by atoms with Gasteiger partial charge >= 0.3 is 0 Å². The highest BCUT2D eigenvalue weighted by atomic mass is 79.9. The number of halogens is 4. The van der Waals surface area contributed by atoms with Crippen molar-refractivity contribution in [2.45, 2.75) is 6.54 Å². The summed E-state index contributed by atoms with van der Waals surface area (Å²) < 4.78 is 7.89. The van der Waals surface area contributed by atoms with Crippen LogP contribution in [0.25, 0.3) is 11.3 Å². The maximum Gasteiger partial charge on any atom is 0.135 e. The van der Waals surface area contributed by atoms with Crippen LogP contribution in [-0.2, 0) is 6.54 Å². The third kappa shape index (κ3) is 4.13. The van der Waals surface area contributed by atoms with Crippen LogP contribution in [0.15, 0.2) is 61.9 Å². The van der Waals surface area contributed by atoms with E-state index >= 15 is 0 Å². The average Bonchev–Trinajstić information content (AvgIpc) is 2.95. The predicted octanol–water partition coefficient (Wildman–Crippen LogP) is 7.39. The van der Waals surface area contributed by atoms with Crippen molar-refractivity contribution in [2.75, 3.05) is 5.32 Å². The van der Waals surface area contributed by atoms with Crippen LogP contribution in [0.2, 0.25) is 10.0 Å². The molecule has 6 heteroatoms. The molecule has 0 aliphatic heterocycles. The molecule has 1 aromatic heterocycles. The second-order valence-corrected chi connectivity index (χ2v) is 7.48. The summed E-state index contributed by atoms with van der Waals surface area (Å²) in [6, 6.07) is 15.2. The van der Waals surface area contributed by atoms with Gasteiger partial charge in [-0.15, -0.1) is 0 Å². The lowest BCUT2D eigenvalue weighted by atomic mass is 10.2. The molecule has 0 unspecified atom stereocenters. The quantitative estimate of drug-likeness (QED) is 0.425. The first-order valence-electron chi connectivity index (χ1n) is 6.76. The molecule has 2 nitrogen and oxygen atoms in total. The Balaban J connectivity index is 1.74. The Morgan fingerprint density at radius 3 is 2.52 bits per heavy atom. The van der Waals surface area contributed by atoms with Crippen molar-refractivity contribution in [3.05, 3.63) is 73.3 Å². The van der Waals surface area contributed by atoms with E-state index in [0.717, 1.165) is 31.7 Å². The van der Waals surface area contributed by atoms with Crippen LogP contribution in [-0.4, -0.2) is 0 Å². The van der Waals surface area contributed by atoms with Crippen molar-refractivity contribution in [3.63, 3.8) is 0 Å². The van der Waals surface area contributed by atoms with Crippen molar-refractivity contribution in [1.82, 2.24) is 0 Å². The molecule has 3 aromatic rings. The van der Waals surface area contributed by atoms with Gasteiger partial charge in [-0.1, -0.05) is 39.1 Å². The molecule has 0 atom stereocenters. The van der Waals surface area contributed by atoms with E-state index in [1.54, 1.807) is 12.1 Å². The minimum absolute atomic E-state index is 0.537. The van der Waals surface area contributed by atoms with E-state index in [1.165, 1.54) is 0 Å². The fourth-order valence-corrected chi connectivity index (χ4v) is 3.84. The lowest BCUT2D eigenvalue weighted by Crippen LogP contribution is -1.98. The summed E-state index contributed by atoms with van der Waals surface area (Å²) in [5.41, 5.74) is 1.82. The number of hydrogen-bond donors (Lipinski definition) is 1. The first kappa shape index (κ1) is 16.9. The molecule has 1 heterocycles. The molecule has 0 radical (unpaired) electrons. The highest BCUT2D eigenvalue weighted by Crippen LogP contribution is 2.32. The van der Waals surface area contributed by atoms with Crippen LogP contribution >= 0.6 is 55.1 Å². The van der Waals surface area contributed by atoms with Gasteiger partial charge in [0.25, 0.3) is 0 Å². The molecular formula is C17H11Br2Cl2NO. The molecule has 2 aromatic carbocycles. The minimum atomic E-state index is 0.537. The molecule has 118 valence electrons. The monoisotopic (exact) mass is 473 g/mol. The molecule has 0 saturated heterocycles. The van der Waals surface area contributed by atoms with Crippen molar-refractivity contribution in [2.24, 2.45) is 0 Å². The first-order valence-corrected chi connectivity index (χ1v) is 9.10. The summed E-state index contributed by atoms with van der Waals surface area (Å²) in [6.07, 6.45) is 0. The van der Waals surface area contributed by atoms with Gasteiger partial charge in [-0.05, 0) is 64.5 Å². The van der Waals surface area contributed by atoms with E-state index in [2.05, 4.69) is 37.2 Å². The smallest absolute Gasteiger partial charge is 0.135 e. The van der Waals surface area contributed by atoms with Gasteiger partial charge in [-0.25, -0.2) is 0 Å². The second-order valence-electron chi connectivity index (χ2n) is 4.87. The molecule has 3 rings (SSSR count). The molecule has 0 saturated carbocycles. The van der Waals surface area contributed by atoms with E-state index in [4.69, 9.17) is 27.6 Å². The van der Waals surface area contributed by atoms with Gasteiger partial charge < -0.3 is 9.73 Å². The van der Waals surface area contributed by atoms with E-state index < -0.39 is 0 Å². The lowest BCUT2D eigenvalue weighted by Gasteiger charge is -2.07. The average molecular weight is 476 g/mol. The topological polar surface area (TPSA) is 25.2 Å². The minimum Gasteiger partial charge on any atom is -0.459 e. The van der Waals surface area contributed by atoms with Crippen molar-refractivity contribution >= 4 is 60.7 Å². The number of hydrogen-bond acceptors (Lipinski definition) is 2. The predicted molar refractivity (Wildman–Crippen MR) is 103 cm³/mol. The van der Waals surface area contributed by atoms with E-state index in [9.17, 15) is 0 Å². The molecule has 1 N–H and O–H groups in total. The summed E-state index contributed by atoms with van der Waals surface area (Å²) in [5.74, 6) is 1.63. The van der Waals surface area contributed by atoms with E-state index in [-0.39, 0.29) is 0 Å². The summed E-state index contributed by atoms with van der Waals surface area (Å²) in [4.78, 5) is 0. The van der Waals surface area contributed by atoms with Gasteiger partial charge in [0, 0.05) is 19.5 Å². The van der Waals surface area contributed by atoms with Crippen LogP contribution in [0.5, 0.6) is 0 Å². The SMILES string of the molecule is Clc1ccc(NCc2ccc(-c3ccc(Br)cc3Br)o2)c(Cl)c1. The first-order chi connectivity index (χ1) is 11.0. The lowest BCUT2D eigenvalue weighted by molar-refractivity contribution is 0.531. The highest BCUT2D eigenvalue weighted by Gasteiger charge is 2.09. The number of rotatable bonds is 4. The molecule has 0 fully saturated rings. The Hall–Kier alpha value is -0.940. The molecule has 23 heavy (non-hydrogen) atoms. The molecular weight excluding hydrogens is 465 g/mol. The Morgan fingerprint density at radius 2 is 1.78 bits per heavy atom. The summed E-state index contributed by atoms with van der Waals surface area (Å²) in [6.45, 7) is 0.537. The molecule has 0 bridgehead atoms. The number of benzene rings is 2. The zero-order chi connectivity index (χ0) is 16.4. The van der Waals surface area contributed by atoms with Crippen LogP contribution in [0, 0.1) is 0 Å². The normalized spacial score (nSPS) is 10.8. The number of anilines is 1. The fraction of sp³-hybridized carbons (Fsp3) is 0.0588. The van der Waals surface area contributed by atoms with Gasteiger partial charge in [0.1, 0.15) is 11.5 Å². The van der Waals surface area contributed by atoms with Gasteiger partial charge in [0.15, 0.2) is 0 Å². The third-order valence-electron chi connectivity index (χ3n) is 3.24. The summed E-state index contributed by atoms with van der Waals surface area (Å²) >= 11 is 19.0. The standard InChI is InChI=1S/C17H11Br2Cl2NO/c18-10-1-4-13(14(19)7-10)17-6-3-12(23-17)9-22-16-5-2-11(20)8-15(16)21/h1-8,22H,9H2. The highest BCUT2D eigenvalue weighted by molar-refractivity contribution is 9.11. The summed E-state index contributed by atoms with van der Waals surface area (Å²) in [7, 11) is 0. The Labute approximate surface area is 161 Å². The summed E-state index contributed by atoms with van der Waals surface area (Å²) in [5, 5.41) is 4.44. The van der Waals surface area contributed by atoms with E-state index in [1.807, 2.05) is 36.4 Å². The van der Waals surface area contributed by atoms with Crippen LogP contribution < -0.4 is 5.32 Å². The third-order valence-corrected chi connectivity index (χ3v) is 4.94. The number of furan rings is 1. The maximum atomic E-state index is 6.14. The fourth-order valence-electron chi connectivity index (χ4n) is 2.12. The Kier molecular flexibility index (Phi) is 5.37. The molecule has 0 aliphatic rings. The largest absolute Gasteiger partial charge is 0.459 e. The maximum absolute atomic E-state index is 6.14. The molecule has 0 spiro atoms. The Morgan fingerprint density at radius 1 is 0.957 bits per heavy atom. The van der Waals surface area contributed by atoms with Crippen LogP contribution in [0.4, 0.5) is 5.69 Å². The van der Waals surface area contributed by atoms with Crippen molar-refractivity contribution < 1.29 is 4.42 Å². The van der Waals surface area contributed by atoms with Gasteiger partial charge in [0.05, 0.1) is 17.3 Å². The van der Waals surface area contributed by atoms with Gasteiger partial charge in [0.2, 0.25) is 0 Å². The zero-order valence-electron chi connectivity index (χ0n) is 11.7. The van der Waals surface area contributed by atoms with Crippen LogP contribution in [0.3, 0.4) is 0 Å². The van der Waals surface area contributed by atoms with Gasteiger partial charge in [-0.3, -0.25) is 0 Å². The molecule has 0 aliphatic carbocycles. The Bertz CT molecular complexity index is 848. The van der Waals surface area contributed by atoms with Crippen molar-refractivity contribution in [1.29, 1.82) is 0 Å². The zero-order valence-corrected chi connectivity index (χ0v) is 16.4. The van der Waals surface area contributed by atoms with Crippen molar-refractivity contribution in [3.8, 4) is 11.3 Å².